The molecule has 0 aliphatic carbocycles. The Morgan fingerprint density at radius 3 is 2.65 bits per heavy atom. The van der Waals surface area contributed by atoms with E-state index >= 15 is 0 Å². The Bertz CT molecular complexity index is 247. The van der Waals surface area contributed by atoms with E-state index in [2.05, 4.69) is 21.8 Å². The molecule has 1 rings (SSSR count). The van der Waals surface area contributed by atoms with Crippen molar-refractivity contribution >= 4 is 29.9 Å². The van der Waals surface area contributed by atoms with Crippen LogP contribution in [0.2, 0.25) is 0 Å². The van der Waals surface area contributed by atoms with Gasteiger partial charge in [0.25, 0.3) is 0 Å². The van der Waals surface area contributed by atoms with Crippen molar-refractivity contribution in [2.75, 3.05) is 32.7 Å². The highest BCUT2D eigenvalue weighted by molar-refractivity contribution is 14.0. The van der Waals surface area contributed by atoms with E-state index in [-0.39, 0.29) is 24.0 Å². The zero-order valence-corrected chi connectivity index (χ0v) is 13.1. The van der Waals surface area contributed by atoms with Crippen LogP contribution in [-0.4, -0.2) is 43.6 Å². The van der Waals surface area contributed by atoms with Gasteiger partial charge in [0.2, 0.25) is 0 Å². The lowest BCUT2D eigenvalue weighted by molar-refractivity contribution is 0.334. The molecule has 17 heavy (non-hydrogen) atoms. The average molecular weight is 352 g/mol. The summed E-state index contributed by atoms with van der Waals surface area (Å²) in [6, 6.07) is 0. The number of nitrogens with two attached hydrogens (primary N) is 1. The van der Waals surface area contributed by atoms with Gasteiger partial charge in [-0.3, -0.25) is 0 Å². The van der Waals surface area contributed by atoms with Crippen molar-refractivity contribution in [1.29, 1.82) is 0 Å². The Kier molecular flexibility index (Phi) is 9.53. The van der Waals surface area contributed by atoms with E-state index in [4.69, 9.17) is 5.73 Å². The second-order valence-corrected chi connectivity index (χ2v) is 4.49. The average Bonchev–Trinajstić information content (AvgIpc) is 2.74. The van der Waals surface area contributed by atoms with Crippen molar-refractivity contribution < 1.29 is 0 Å². The maximum absolute atomic E-state index is 5.70. The first-order valence-corrected chi connectivity index (χ1v) is 6.09. The van der Waals surface area contributed by atoms with Crippen molar-refractivity contribution in [2.24, 2.45) is 10.7 Å². The number of aliphatic imine (C=N–C) groups is 1. The van der Waals surface area contributed by atoms with Gasteiger partial charge in [0.05, 0.1) is 6.54 Å². The van der Waals surface area contributed by atoms with E-state index in [9.17, 15) is 0 Å². The standard InChI is InChI=1S/C12H24N4.HI/c1-11(2)10-15-12(13)14-6-5-9-16-7-3-4-8-16;/h1,3-10H2,2H3,(H3,13,14,15);1H. The molecular weight excluding hydrogens is 327 g/mol. The number of nitrogens with one attached hydrogen (secondary N) is 1. The first-order valence-electron chi connectivity index (χ1n) is 6.09. The van der Waals surface area contributed by atoms with Gasteiger partial charge in [0, 0.05) is 6.54 Å². The van der Waals surface area contributed by atoms with Crippen molar-refractivity contribution in [3.8, 4) is 0 Å². The largest absolute Gasteiger partial charge is 0.370 e. The molecule has 1 heterocycles. The molecule has 0 bridgehead atoms. The summed E-state index contributed by atoms with van der Waals surface area (Å²) in [6.07, 6.45) is 3.84. The molecular formula is C12H25IN4. The SMILES string of the molecule is C=C(C)CN=C(N)NCCCN1CCCC1.I. The van der Waals surface area contributed by atoms with Crippen LogP contribution in [0.15, 0.2) is 17.1 Å². The third-order valence-electron chi connectivity index (χ3n) is 2.68. The van der Waals surface area contributed by atoms with E-state index in [1.807, 2.05) is 6.92 Å². The monoisotopic (exact) mass is 352 g/mol. The van der Waals surface area contributed by atoms with Crippen LogP contribution in [0.3, 0.4) is 0 Å². The minimum absolute atomic E-state index is 0. The number of likely N-dealkylation sites (tertiary alicyclic amines) is 1. The Morgan fingerprint density at radius 1 is 1.41 bits per heavy atom. The quantitative estimate of drug-likeness (QED) is 0.251. The maximum atomic E-state index is 5.70. The first kappa shape index (κ1) is 16.7. The Balaban J connectivity index is 0.00000256. The van der Waals surface area contributed by atoms with Crippen molar-refractivity contribution in [1.82, 2.24) is 10.2 Å². The predicted molar refractivity (Wildman–Crippen MR) is 85.0 cm³/mol. The number of rotatable bonds is 6. The summed E-state index contributed by atoms with van der Waals surface area (Å²) in [4.78, 5) is 6.67. The fourth-order valence-corrected chi connectivity index (χ4v) is 1.80. The van der Waals surface area contributed by atoms with Gasteiger partial charge in [0.1, 0.15) is 0 Å². The summed E-state index contributed by atoms with van der Waals surface area (Å²) in [5, 5.41) is 3.12. The summed E-state index contributed by atoms with van der Waals surface area (Å²) in [5.41, 5.74) is 6.73. The van der Waals surface area contributed by atoms with Crippen LogP contribution in [0.25, 0.3) is 0 Å². The Hall–Kier alpha value is -0.300. The van der Waals surface area contributed by atoms with Gasteiger partial charge in [-0.25, -0.2) is 4.99 Å². The number of nitrogens with zero attached hydrogens (tertiary/aromatic N) is 2. The third kappa shape index (κ3) is 8.43. The maximum Gasteiger partial charge on any atom is 0.188 e. The number of hydrogen-bond donors (Lipinski definition) is 2. The minimum Gasteiger partial charge on any atom is -0.370 e. The van der Waals surface area contributed by atoms with Crippen molar-refractivity contribution in [3.05, 3.63) is 12.2 Å². The zero-order valence-electron chi connectivity index (χ0n) is 10.7. The fourth-order valence-electron chi connectivity index (χ4n) is 1.80. The highest BCUT2D eigenvalue weighted by Gasteiger charge is 2.09. The van der Waals surface area contributed by atoms with Gasteiger partial charge in [0.15, 0.2) is 5.96 Å². The molecule has 4 nitrogen and oxygen atoms in total. The molecule has 1 aliphatic heterocycles. The summed E-state index contributed by atoms with van der Waals surface area (Å²) >= 11 is 0. The Morgan fingerprint density at radius 2 is 2.06 bits per heavy atom. The normalized spacial score (nSPS) is 16.6. The van der Waals surface area contributed by atoms with E-state index in [0.717, 1.165) is 18.5 Å². The molecule has 1 fully saturated rings. The van der Waals surface area contributed by atoms with Crippen molar-refractivity contribution in [2.45, 2.75) is 26.2 Å². The second-order valence-electron chi connectivity index (χ2n) is 4.49. The first-order chi connectivity index (χ1) is 7.68. The van der Waals surface area contributed by atoms with Crippen LogP contribution in [0.5, 0.6) is 0 Å². The van der Waals surface area contributed by atoms with Gasteiger partial charge in [-0.2, -0.15) is 0 Å². The van der Waals surface area contributed by atoms with Crippen LogP contribution in [0, 0.1) is 0 Å². The lowest BCUT2D eigenvalue weighted by atomic mass is 10.4. The molecule has 0 aromatic rings. The van der Waals surface area contributed by atoms with Crippen molar-refractivity contribution in [3.63, 3.8) is 0 Å². The van der Waals surface area contributed by atoms with E-state index in [1.54, 1.807) is 0 Å². The molecule has 0 unspecified atom stereocenters. The molecule has 0 amide bonds. The molecule has 0 aromatic heterocycles. The smallest absolute Gasteiger partial charge is 0.188 e. The zero-order chi connectivity index (χ0) is 11.8. The topological polar surface area (TPSA) is 53.6 Å². The molecule has 100 valence electrons. The highest BCUT2D eigenvalue weighted by atomic mass is 127. The summed E-state index contributed by atoms with van der Waals surface area (Å²) in [5.74, 6) is 0.532. The van der Waals surface area contributed by atoms with Crippen LogP contribution in [0.1, 0.15) is 26.2 Å². The predicted octanol–water partition coefficient (Wildman–Crippen LogP) is 1.57. The molecule has 5 heteroatoms. The summed E-state index contributed by atoms with van der Waals surface area (Å²) < 4.78 is 0. The molecule has 0 radical (unpaired) electrons. The van der Waals surface area contributed by atoms with E-state index in [0.29, 0.717) is 12.5 Å². The number of halogens is 1. The van der Waals surface area contributed by atoms with Gasteiger partial charge < -0.3 is 16.0 Å². The molecule has 1 aliphatic rings. The third-order valence-corrected chi connectivity index (χ3v) is 2.68. The minimum atomic E-state index is 0. The molecule has 1 saturated heterocycles. The number of guanidine groups is 1. The van der Waals surface area contributed by atoms with Gasteiger partial charge in [-0.15, -0.1) is 24.0 Å². The van der Waals surface area contributed by atoms with Gasteiger partial charge >= 0.3 is 0 Å². The van der Waals surface area contributed by atoms with Gasteiger partial charge in [-0.1, -0.05) is 12.2 Å². The lowest BCUT2D eigenvalue weighted by Crippen LogP contribution is -2.34. The molecule has 0 saturated carbocycles. The van der Waals surface area contributed by atoms with Crippen LogP contribution in [0.4, 0.5) is 0 Å². The van der Waals surface area contributed by atoms with Crippen LogP contribution in [-0.2, 0) is 0 Å². The van der Waals surface area contributed by atoms with Crippen LogP contribution >= 0.6 is 24.0 Å². The molecule has 3 N–H and O–H groups in total. The van der Waals surface area contributed by atoms with E-state index in [1.165, 1.54) is 32.5 Å². The molecule has 0 spiro atoms. The second kappa shape index (κ2) is 9.70. The highest BCUT2D eigenvalue weighted by Crippen LogP contribution is 2.06. The van der Waals surface area contributed by atoms with E-state index < -0.39 is 0 Å². The van der Waals surface area contributed by atoms with Crippen LogP contribution < -0.4 is 11.1 Å². The number of hydrogen-bond acceptors (Lipinski definition) is 2. The fraction of sp³-hybridized carbons (Fsp3) is 0.750. The summed E-state index contributed by atoms with van der Waals surface area (Å²) in [7, 11) is 0. The lowest BCUT2D eigenvalue weighted by Gasteiger charge is -2.14. The van der Waals surface area contributed by atoms with Gasteiger partial charge in [-0.05, 0) is 45.8 Å². The summed E-state index contributed by atoms with van der Waals surface area (Å²) in [6.45, 7) is 10.9. The molecule has 0 atom stereocenters. The Labute approximate surface area is 122 Å². The molecule has 0 aromatic carbocycles.